The first kappa shape index (κ1) is 16.9. The second-order valence-electron chi connectivity index (χ2n) is 4.23. The summed E-state index contributed by atoms with van der Waals surface area (Å²) in [4.78, 5) is 11.6. The fourth-order valence-electron chi connectivity index (χ4n) is 1.41. The van der Waals surface area contributed by atoms with Crippen molar-refractivity contribution in [3.8, 4) is 11.8 Å². The van der Waals surface area contributed by atoms with Gasteiger partial charge in [0.25, 0.3) is 0 Å². The molecule has 0 aliphatic rings. The van der Waals surface area contributed by atoms with Crippen molar-refractivity contribution in [3.05, 3.63) is 24.3 Å². The smallest absolute Gasteiger partial charge is 0.325 e. The molecular weight excluding hydrogens is 296 g/mol. The molecule has 8 heteroatoms. The van der Waals surface area contributed by atoms with Crippen LogP contribution in [-0.2, 0) is 19.6 Å². The number of carbonyl (C=O) groups excluding carboxylic acids is 1. The number of ether oxygens (including phenoxy) is 2. The quantitative estimate of drug-likeness (QED) is 0.779. The van der Waals surface area contributed by atoms with E-state index in [1.807, 2.05) is 0 Å². The molecule has 1 N–H and O–H groups in total. The zero-order chi connectivity index (χ0) is 16.0. The summed E-state index contributed by atoms with van der Waals surface area (Å²) in [6, 6.07) is 6.33. The molecule has 0 unspecified atom stereocenters. The Bertz CT molecular complexity index is 634. The van der Waals surface area contributed by atoms with Crippen LogP contribution in [0.4, 0.5) is 0 Å². The average Bonchev–Trinajstić information content (AvgIpc) is 2.46. The van der Waals surface area contributed by atoms with Gasteiger partial charge < -0.3 is 9.47 Å². The van der Waals surface area contributed by atoms with Crippen molar-refractivity contribution < 1.29 is 22.7 Å². The Hall–Kier alpha value is -2.11. The number of rotatable bonds is 6. The van der Waals surface area contributed by atoms with Crippen molar-refractivity contribution in [2.24, 2.45) is 0 Å². The van der Waals surface area contributed by atoms with Gasteiger partial charge in [-0.1, -0.05) is 0 Å². The minimum absolute atomic E-state index is 0.00344. The lowest BCUT2D eigenvalue weighted by Gasteiger charge is -2.14. The van der Waals surface area contributed by atoms with Crippen LogP contribution in [0, 0.1) is 11.3 Å². The Balaban J connectivity index is 2.79. The molecule has 0 radical (unpaired) electrons. The Labute approximate surface area is 123 Å². The van der Waals surface area contributed by atoms with E-state index in [-0.39, 0.29) is 4.90 Å². The first-order valence-electron chi connectivity index (χ1n) is 6.06. The van der Waals surface area contributed by atoms with Gasteiger partial charge in [-0.15, -0.1) is 0 Å². The molecule has 0 heterocycles. The fourth-order valence-corrected chi connectivity index (χ4v) is 2.60. The standard InChI is InChI=1S/C13H16N2O5S/c1-9(8-14)20-13(16)10(2)15-21(17,18)12-6-4-11(19-3)5-7-12/h4-7,9-10,15H,1-3H3/t9-,10-/m0/s1. The Kier molecular flexibility index (Phi) is 5.69. The van der Waals surface area contributed by atoms with Gasteiger partial charge in [0, 0.05) is 0 Å². The summed E-state index contributed by atoms with van der Waals surface area (Å²) in [6.07, 6.45) is -0.939. The molecule has 0 amide bonds. The highest BCUT2D eigenvalue weighted by Crippen LogP contribution is 2.15. The molecule has 2 atom stereocenters. The molecule has 0 aromatic heterocycles. The molecule has 0 fully saturated rings. The Morgan fingerprint density at radius 3 is 2.33 bits per heavy atom. The lowest BCUT2D eigenvalue weighted by atomic mass is 10.3. The number of methoxy groups -OCH3 is 1. The number of nitrogens with zero attached hydrogens (tertiary/aromatic N) is 1. The summed E-state index contributed by atoms with van der Waals surface area (Å²) < 4.78 is 36.0. The van der Waals surface area contributed by atoms with E-state index in [4.69, 9.17) is 14.7 Å². The van der Waals surface area contributed by atoms with Crippen molar-refractivity contribution in [1.82, 2.24) is 4.72 Å². The lowest BCUT2D eigenvalue weighted by molar-refractivity contribution is -0.147. The van der Waals surface area contributed by atoms with Gasteiger partial charge >= 0.3 is 5.97 Å². The van der Waals surface area contributed by atoms with Gasteiger partial charge in [-0.05, 0) is 38.1 Å². The first-order chi connectivity index (χ1) is 9.80. The normalized spacial score (nSPS) is 13.8. The van der Waals surface area contributed by atoms with Crippen LogP contribution in [0.2, 0.25) is 0 Å². The predicted octanol–water partition coefficient (Wildman–Crippen LogP) is 0.817. The SMILES string of the molecule is COc1ccc(S(=O)(=O)N[C@@H](C)C(=O)O[C@@H](C)C#N)cc1. The number of carbonyl (C=O) groups is 1. The third-order valence-electron chi connectivity index (χ3n) is 2.53. The Morgan fingerprint density at radius 2 is 1.86 bits per heavy atom. The zero-order valence-electron chi connectivity index (χ0n) is 11.9. The lowest BCUT2D eigenvalue weighted by Crippen LogP contribution is -2.40. The number of nitrogens with one attached hydrogen (secondary N) is 1. The topological polar surface area (TPSA) is 105 Å². The number of hydrogen-bond donors (Lipinski definition) is 1. The molecule has 21 heavy (non-hydrogen) atoms. The number of hydrogen-bond acceptors (Lipinski definition) is 6. The van der Waals surface area contributed by atoms with Crippen LogP contribution in [-0.4, -0.2) is 33.6 Å². The average molecular weight is 312 g/mol. The summed E-state index contributed by atoms with van der Waals surface area (Å²) in [7, 11) is -2.39. The molecule has 1 aromatic carbocycles. The number of benzene rings is 1. The van der Waals surface area contributed by atoms with Gasteiger partial charge in [0.15, 0.2) is 6.10 Å². The van der Waals surface area contributed by atoms with Crippen molar-refractivity contribution in [3.63, 3.8) is 0 Å². The van der Waals surface area contributed by atoms with Crippen LogP contribution in [0.5, 0.6) is 5.75 Å². The highest BCUT2D eigenvalue weighted by Gasteiger charge is 2.24. The fraction of sp³-hybridized carbons (Fsp3) is 0.385. The third kappa shape index (κ3) is 4.73. The molecule has 0 aliphatic carbocycles. The zero-order valence-corrected chi connectivity index (χ0v) is 12.7. The minimum Gasteiger partial charge on any atom is -0.497 e. The molecule has 114 valence electrons. The summed E-state index contributed by atoms with van der Waals surface area (Å²) in [5, 5.41) is 8.55. The molecule has 1 rings (SSSR count). The molecule has 0 saturated carbocycles. The summed E-state index contributed by atoms with van der Waals surface area (Å²) in [5.74, 6) is -0.301. The highest BCUT2D eigenvalue weighted by atomic mass is 32.2. The van der Waals surface area contributed by atoms with Crippen LogP contribution in [0.1, 0.15) is 13.8 Å². The van der Waals surface area contributed by atoms with Crippen LogP contribution in [0.15, 0.2) is 29.2 Å². The number of esters is 1. The van der Waals surface area contributed by atoms with E-state index < -0.39 is 28.1 Å². The van der Waals surface area contributed by atoms with E-state index in [1.165, 1.54) is 45.2 Å². The van der Waals surface area contributed by atoms with E-state index in [1.54, 1.807) is 6.07 Å². The van der Waals surface area contributed by atoms with Crippen molar-refractivity contribution in [1.29, 1.82) is 5.26 Å². The van der Waals surface area contributed by atoms with Crippen LogP contribution < -0.4 is 9.46 Å². The molecule has 0 bridgehead atoms. The van der Waals surface area contributed by atoms with Crippen LogP contribution in [0.3, 0.4) is 0 Å². The van der Waals surface area contributed by atoms with Crippen LogP contribution >= 0.6 is 0 Å². The molecular formula is C13H16N2O5S. The predicted molar refractivity (Wildman–Crippen MR) is 73.9 cm³/mol. The molecule has 0 aliphatic heterocycles. The van der Waals surface area contributed by atoms with Gasteiger partial charge in [-0.2, -0.15) is 9.98 Å². The number of sulfonamides is 1. The van der Waals surface area contributed by atoms with E-state index in [0.717, 1.165) is 0 Å². The molecule has 0 spiro atoms. The van der Waals surface area contributed by atoms with Crippen LogP contribution in [0.25, 0.3) is 0 Å². The molecule has 0 saturated heterocycles. The third-order valence-corrected chi connectivity index (χ3v) is 4.09. The monoisotopic (exact) mass is 312 g/mol. The number of nitriles is 1. The van der Waals surface area contributed by atoms with E-state index in [0.29, 0.717) is 5.75 Å². The summed E-state index contributed by atoms with van der Waals surface area (Å²) in [5.41, 5.74) is 0. The minimum atomic E-state index is -3.86. The second-order valence-corrected chi connectivity index (χ2v) is 5.94. The van der Waals surface area contributed by atoms with Crippen molar-refractivity contribution >= 4 is 16.0 Å². The van der Waals surface area contributed by atoms with Crippen molar-refractivity contribution in [2.75, 3.05) is 7.11 Å². The van der Waals surface area contributed by atoms with Gasteiger partial charge in [0.05, 0.1) is 12.0 Å². The second kappa shape index (κ2) is 7.06. The van der Waals surface area contributed by atoms with Gasteiger partial charge in [0.2, 0.25) is 10.0 Å². The molecule has 7 nitrogen and oxygen atoms in total. The molecule has 1 aromatic rings. The maximum absolute atomic E-state index is 12.1. The van der Waals surface area contributed by atoms with E-state index in [2.05, 4.69) is 4.72 Å². The van der Waals surface area contributed by atoms with Crippen molar-refractivity contribution in [2.45, 2.75) is 30.9 Å². The maximum atomic E-state index is 12.1. The first-order valence-corrected chi connectivity index (χ1v) is 7.55. The maximum Gasteiger partial charge on any atom is 0.325 e. The van der Waals surface area contributed by atoms with Gasteiger partial charge in [-0.25, -0.2) is 8.42 Å². The largest absolute Gasteiger partial charge is 0.497 e. The van der Waals surface area contributed by atoms with E-state index in [9.17, 15) is 13.2 Å². The van der Waals surface area contributed by atoms with E-state index >= 15 is 0 Å². The summed E-state index contributed by atoms with van der Waals surface area (Å²) >= 11 is 0. The summed E-state index contributed by atoms with van der Waals surface area (Å²) in [6.45, 7) is 2.73. The van der Waals surface area contributed by atoms with Gasteiger partial charge in [-0.3, -0.25) is 4.79 Å². The highest BCUT2D eigenvalue weighted by molar-refractivity contribution is 7.89. The Morgan fingerprint density at radius 1 is 1.29 bits per heavy atom. The van der Waals surface area contributed by atoms with Gasteiger partial charge in [0.1, 0.15) is 17.9 Å².